The molecule has 0 amide bonds. The van der Waals surface area contributed by atoms with Crippen LogP contribution < -0.4 is 5.73 Å². The molecule has 2 N–H and O–H groups in total. The van der Waals surface area contributed by atoms with Crippen LogP contribution in [-0.4, -0.2) is 37.4 Å². The van der Waals surface area contributed by atoms with Crippen LogP contribution in [0.15, 0.2) is 4.99 Å². The van der Waals surface area contributed by atoms with Crippen molar-refractivity contribution in [3.05, 3.63) is 0 Å². The quantitative estimate of drug-likeness (QED) is 0.575. The zero-order valence-electron chi connectivity index (χ0n) is 11.2. The minimum Gasteiger partial charge on any atom is -0.387 e. The van der Waals surface area contributed by atoms with E-state index >= 15 is 0 Å². The Morgan fingerprint density at radius 2 is 1.88 bits per heavy atom. The number of amidine groups is 1. The van der Waals surface area contributed by atoms with Crippen molar-refractivity contribution in [3.63, 3.8) is 0 Å². The average Bonchev–Trinajstić information content (AvgIpc) is 2.68. The topological polar surface area (TPSA) is 41.6 Å². The van der Waals surface area contributed by atoms with E-state index in [1.165, 1.54) is 25.7 Å². The molecule has 0 spiro atoms. The SMILES string of the molecule is CC(C)C(CN(C)C)N=C(N)C1CCCC1. The Kier molecular flexibility index (Phi) is 5.26. The summed E-state index contributed by atoms with van der Waals surface area (Å²) in [6, 6.07) is 0.343. The van der Waals surface area contributed by atoms with Gasteiger partial charge in [0.2, 0.25) is 0 Å². The van der Waals surface area contributed by atoms with Crippen molar-refractivity contribution in [1.29, 1.82) is 0 Å². The van der Waals surface area contributed by atoms with E-state index in [1.54, 1.807) is 0 Å². The summed E-state index contributed by atoms with van der Waals surface area (Å²) >= 11 is 0. The second-order valence-electron chi connectivity index (χ2n) is 5.61. The predicted molar refractivity (Wildman–Crippen MR) is 70.8 cm³/mol. The molecule has 1 unspecified atom stereocenters. The molecule has 16 heavy (non-hydrogen) atoms. The second-order valence-corrected chi connectivity index (χ2v) is 5.61. The summed E-state index contributed by atoms with van der Waals surface area (Å²) in [6.07, 6.45) is 5.12. The van der Waals surface area contributed by atoms with Crippen LogP contribution in [0.1, 0.15) is 39.5 Å². The maximum absolute atomic E-state index is 6.12. The van der Waals surface area contributed by atoms with Crippen LogP contribution >= 0.6 is 0 Å². The molecule has 1 atom stereocenters. The lowest BCUT2D eigenvalue weighted by Crippen LogP contribution is -2.32. The van der Waals surface area contributed by atoms with Gasteiger partial charge in [0.05, 0.1) is 11.9 Å². The molecule has 0 radical (unpaired) electrons. The number of hydrogen-bond donors (Lipinski definition) is 1. The molecule has 1 saturated carbocycles. The molecular weight excluding hydrogens is 198 g/mol. The average molecular weight is 225 g/mol. The summed E-state index contributed by atoms with van der Waals surface area (Å²) in [5.74, 6) is 2.02. The van der Waals surface area contributed by atoms with Gasteiger partial charge in [-0.1, -0.05) is 26.7 Å². The molecule has 0 aromatic rings. The van der Waals surface area contributed by atoms with Gasteiger partial charge >= 0.3 is 0 Å². The first-order valence-electron chi connectivity index (χ1n) is 6.48. The molecule has 0 heterocycles. The number of aliphatic imine (C=N–C) groups is 1. The number of nitrogens with two attached hydrogens (primary N) is 1. The molecule has 94 valence electrons. The Morgan fingerprint density at radius 1 is 1.31 bits per heavy atom. The summed E-state index contributed by atoms with van der Waals surface area (Å²) in [4.78, 5) is 6.94. The fraction of sp³-hybridized carbons (Fsp3) is 0.923. The minimum absolute atomic E-state index is 0.343. The summed E-state index contributed by atoms with van der Waals surface area (Å²) in [5, 5.41) is 0. The highest BCUT2D eigenvalue weighted by molar-refractivity contribution is 5.83. The van der Waals surface area contributed by atoms with Gasteiger partial charge in [0.15, 0.2) is 0 Å². The first-order chi connectivity index (χ1) is 7.50. The van der Waals surface area contributed by atoms with E-state index in [0.29, 0.717) is 17.9 Å². The van der Waals surface area contributed by atoms with Crippen molar-refractivity contribution in [2.45, 2.75) is 45.6 Å². The molecule has 1 aliphatic rings. The molecule has 1 aliphatic carbocycles. The molecule has 0 aliphatic heterocycles. The van der Waals surface area contributed by atoms with Crippen molar-refractivity contribution >= 4 is 5.84 Å². The Bertz CT molecular complexity index is 227. The molecule has 0 bridgehead atoms. The first kappa shape index (κ1) is 13.5. The maximum atomic E-state index is 6.12. The van der Waals surface area contributed by atoms with Crippen molar-refractivity contribution in [3.8, 4) is 0 Å². The van der Waals surface area contributed by atoms with Crippen LogP contribution in [0.3, 0.4) is 0 Å². The fourth-order valence-corrected chi connectivity index (χ4v) is 2.29. The highest BCUT2D eigenvalue weighted by Gasteiger charge is 2.21. The zero-order chi connectivity index (χ0) is 12.1. The first-order valence-corrected chi connectivity index (χ1v) is 6.48. The Hall–Kier alpha value is -0.570. The van der Waals surface area contributed by atoms with Gasteiger partial charge in [-0.2, -0.15) is 0 Å². The molecule has 3 heteroatoms. The van der Waals surface area contributed by atoms with E-state index in [4.69, 9.17) is 10.7 Å². The molecule has 0 aromatic carbocycles. The van der Waals surface area contributed by atoms with Gasteiger partial charge in [-0.3, -0.25) is 4.99 Å². The van der Waals surface area contributed by atoms with Crippen LogP contribution in [0.4, 0.5) is 0 Å². The van der Waals surface area contributed by atoms with Gasteiger partial charge in [0.25, 0.3) is 0 Å². The monoisotopic (exact) mass is 225 g/mol. The van der Waals surface area contributed by atoms with Crippen LogP contribution in [0.5, 0.6) is 0 Å². The normalized spacial score (nSPS) is 21.0. The second kappa shape index (κ2) is 6.24. The van der Waals surface area contributed by atoms with Crippen LogP contribution in [0, 0.1) is 11.8 Å². The number of likely N-dealkylation sites (N-methyl/N-ethyl adjacent to an activating group) is 1. The van der Waals surface area contributed by atoms with Gasteiger partial charge in [-0.15, -0.1) is 0 Å². The summed E-state index contributed by atoms with van der Waals surface area (Å²) in [7, 11) is 4.19. The lowest BCUT2D eigenvalue weighted by molar-refractivity contribution is 0.331. The van der Waals surface area contributed by atoms with E-state index in [1.807, 2.05) is 0 Å². The number of rotatable bonds is 5. The standard InChI is InChI=1S/C13H27N3/c1-10(2)12(9-16(3)4)15-13(14)11-7-5-6-8-11/h10-12H,5-9H2,1-4H3,(H2,14,15). The highest BCUT2D eigenvalue weighted by atomic mass is 15.1. The summed E-state index contributed by atoms with van der Waals surface area (Å²) in [5.41, 5.74) is 6.12. The van der Waals surface area contributed by atoms with Gasteiger partial charge in [-0.05, 0) is 32.9 Å². The van der Waals surface area contributed by atoms with Gasteiger partial charge in [-0.25, -0.2) is 0 Å². The predicted octanol–water partition coefficient (Wildman–Crippen LogP) is 2.12. The van der Waals surface area contributed by atoms with E-state index in [-0.39, 0.29) is 0 Å². The minimum atomic E-state index is 0.343. The molecule has 1 fully saturated rings. The Morgan fingerprint density at radius 3 is 2.31 bits per heavy atom. The van der Waals surface area contributed by atoms with Gasteiger partial charge in [0, 0.05) is 12.5 Å². The van der Waals surface area contributed by atoms with Gasteiger partial charge in [0.1, 0.15) is 0 Å². The van der Waals surface area contributed by atoms with Crippen LogP contribution in [-0.2, 0) is 0 Å². The third-order valence-corrected chi connectivity index (χ3v) is 3.41. The highest BCUT2D eigenvalue weighted by Crippen LogP contribution is 2.25. The zero-order valence-corrected chi connectivity index (χ0v) is 11.2. The third-order valence-electron chi connectivity index (χ3n) is 3.41. The number of nitrogens with zero attached hydrogens (tertiary/aromatic N) is 2. The van der Waals surface area contributed by atoms with Crippen molar-refractivity contribution in [2.75, 3.05) is 20.6 Å². The molecule has 3 nitrogen and oxygen atoms in total. The van der Waals surface area contributed by atoms with E-state index in [2.05, 4.69) is 32.8 Å². The lowest BCUT2D eigenvalue weighted by Gasteiger charge is -2.22. The van der Waals surface area contributed by atoms with E-state index in [0.717, 1.165) is 12.4 Å². The fourth-order valence-electron chi connectivity index (χ4n) is 2.29. The summed E-state index contributed by atoms with van der Waals surface area (Å²) < 4.78 is 0. The Labute approximate surface area is 100 Å². The third kappa shape index (κ3) is 4.12. The molecule has 0 saturated heterocycles. The largest absolute Gasteiger partial charge is 0.387 e. The van der Waals surface area contributed by atoms with E-state index in [9.17, 15) is 0 Å². The lowest BCUT2D eigenvalue weighted by atomic mass is 10.0. The van der Waals surface area contributed by atoms with Crippen LogP contribution in [0.2, 0.25) is 0 Å². The van der Waals surface area contributed by atoms with Crippen molar-refractivity contribution in [2.24, 2.45) is 22.6 Å². The summed E-state index contributed by atoms with van der Waals surface area (Å²) in [6.45, 7) is 5.43. The molecule has 1 rings (SSSR count). The number of hydrogen-bond acceptors (Lipinski definition) is 2. The maximum Gasteiger partial charge on any atom is 0.0972 e. The Balaban J connectivity index is 2.60. The van der Waals surface area contributed by atoms with Crippen molar-refractivity contribution in [1.82, 2.24) is 4.90 Å². The molecule has 0 aromatic heterocycles. The van der Waals surface area contributed by atoms with Crippen molar-refractivity contribution < 1.29 is 0 Å². The van der Waals surface area contributed by atoms with E-state index < -0.39 is 0 Å². The smallest absolute Gasteiger partial charge is 0.0972 e. The van der Waals surface area contributed by atoms with Crippen LogP contribution in [0.25, 0.3) is 0 Å². The van der Waals surface area contributed by atoms with Gasteiger partial charge < -0.3 is 10.6 Å². The molecular formula is C13H27N3.